The number of hydrogen-bond acceptors (Lipinski definition) is 4. The van der Waals surface area contributed by atoms with Crippen LogP contribution in [0.5, 0.6) is 0 Å². The smallest absolute Gasteiger partial charge is 0.0593 e. The summed E-state index contributed by atoms with van der Waals surface area (Å²) in [4.78, 5) is 2.47. The molecule has 0 unspecified atom stereocenters. The Labute approximate surface area is 131 Å². The molecule has 0 aromatic rings. The molecule has 1 fully saturated rings. The van der Waals surface area contributed by atoms with Crippen LogP contribution in [0.1, 0.15) is 52.4 Å². The minimum Gasteiger partial charge on any atom is -0.380 e. The topological polar surface area (TPSA) is 33.7 Å². The molecule has 0 radical (unpaired) electrons. The molecule has 0 bridgehead atoms. The normalized spacial score (nSPS) is 16.7. The van der Waals surface area contributed by atoms with Crippen molar-refractivity contribution in [3.63, 3.8) is 0 Å². The SMILES string of the molecule is CCOCCN(CCCNC1CCCCC1)CCOCC. The molecule has 4 heteroatoms. The molecule has 1 saturated carbocycles. The average molecular weight is 300 g/mol. The summed E-state index contributed by atoms with van der Waals surface area (Å²) in [7, 11) is 0. The van der Waals surface area contributed by atoms with Gasteiger partial charge in [-0.2, -0.15) is 0 Å². The van der Waals surface area contributed by atoms with Crippen molar-refractivity contribution in [2.75, 3.05) is 52.6 Å². The Bertz CT molecular complexity index is 211. The first-order valence-corrected chi connectivity index (χ1v) is 8.98. The van der Waals surface area contributed by atoms with Gasteiger partial charge in [-0.1, -0.05) is 19.3 Å². The van der Waals surface area contributed by atoms with Crippen LogP contribution >= 0.6 is 0 Å². The van der Waals surface area contributed by atoms with E-state index in [-0.39, 0.29) is 0 Å². The Morgan fingerprint density at radius 3 is 2.10 bits per heavy atom. The molecule has 1 rings (SSSR count). The van der Waals surface area contributed by atoms with Crippen LogP contribution in [-0.4, -0.2) is 63.5 Å². The van der Waals surface area contributed by atoms with Gasteiger partial charge in [-0.25, -0.2) is 0 Å². The molecule has 21 heavy (non-hydrogen) atoms. The Morgan fingerprint density at radius 1 is 0.905 bits per heavy atom. The lowest BCUT2D eigenvalue weighted by Crippen LogP contribution is -2.36. The third kappa shape index (κ3) is 10.2. The number of nitrogens with one attached hydrogen (secondary N) is 1. The molecule has 1 N–H and O–H groups in total. The van der Waals surface area contributed by atoms with Crippen LogP contribution in [0.2, 0.25) is 0 Å². The van der Waals surface area contributed by atoms with Gasteiger partial charge in [-0.05, 0) is 46.2 Å². The maximum Gasteiger partial charge on any atom is 0.0593 e. The van der Waals surface area contributed by atoms with Gasteiger partial charge in [0.25, 0.3) is 0 Å². The minimum atomic E-state index is 0.777. The number of rotatable bonds is 13. The van der Waals surface area contributed by atoms with E-state index in [1.165, 1.54) is 38.5 Å². The zero-order valence-electron chi connectivity index (χ0n) is 14.2. The van der Waals surface area contributed by atoms with Crippen molar-refractivity contribution in [3.05, 3.63) is 0 Å². The maximum atomic E-state index is 5.47. The van der Waals surface area contributed by atoms with Crippen LogP contribution in [0.4, 0.5) is 0 Å². The molecular formula is C17H36N2O2. The molecule has 0 atom stereocenters. The van der Waals surface area contributed by atoms with E-state index in [0.29, 0.717) is 0 Å². The van der Waals surface area contributed by atoms with E-state index in [2.05, 4.69) is 24.1 Å². The maximum absolute atomic E-state index is 5.47. The summed E-state index contributed by atoms with van der Waals surface area (Å²) in [6.45, 7) is 11.7. The molecule has 1 aliphatic carbocycles. The number of ether oxygens (including phenoxy) is 2. The third-order valence-corrected chi connectivity index (χ3v) is 4.20. The van der Waals surface area contributed by atoms with Gasteiger partial charge in [-0.15, -0.1) is 0 Å². The van der Waals surface area contributed by atoms with Gasteiger partial charge in [0, 0.05) is 32.3 Å². The average Bonchev–Trinajstić information content (AvgIpc) is 2.52. The summed E-state index contributed by atoms with van der Waals surface area (Å²) >= 11 is 0. The fraction of sp³-hybridized carbons (Fsp3) is 1.00. The summed E-state index contributed by atoms with van der Waals surface area (Å²) in [6.07, 6.45) is 8.21. The monoisotopic (exact) mass is 300 g/mol. The molecule has 1 aliphatic rings. The van der Waals surface area contributed by atoms with Gasteiger partial charge in [0.05, 0.1) is 13.2 Å². The summed E-state index contributed by atoms with van der Waals surface area (Å²) in [5.41, 5.74) is 0. The van der Waals surface area contributed by atoms with Gasteiger partial charge in [0.2, 0.25) is 0 Å². The Kier molecular flexibility index (Phi) is 12.1. The zero-order valence-corrected chi connectivity index (χ0v) is 14.2. The van der Waals surface area contributed by atoms with Crippen molar-refractivity contribution < 1.29 is 9.47 Å². The summed E-state index contributed by atoms with van der Waals surface area (Å²) in [6, 6.07) is 0.777. The van der Waals surface area contributed by atoms with Gasteiger partial charge < -0.3 is 14.8 Å². The van der Waals surface area contributed by atoms with E-state index in [1.54, 1.807) is 0 Å². The number of hydrogen-bond donors (Lipinski definition) is 1. The highest BCUT2D eigenvalue weighted by atomic mass is 16.5. The predicted molar refractivity (Wildman–Crippen MR) is 88.9 cm³/mol. The van der Waals surface area contributed by atoms with Gasteiger partial charge >= 0.3 is 0 Å². The van der Waals surface area contributed by atoms with E-state index in [1.807, 2.05) is 0 Å². The summed E-state index contributed by atoms with van der Waals surface area (Å²) in [5.74, 6) is 0. The van der Waals surface area contributed by atoms with Gasteiger partial charge in [0.1, 0.15) is 0 Å². The molecule has 126 valence electrons. The molecule has 0 aromatic carbocycles. The molecule has 0 aliphatic heterocycles. The number of nitrogens with zero attached hydrogens (tertiary/aromatic N) is 1. The first-order chi connectivity index (χ1) is 10.4. The molecule has 0 amide bonds. The first-order valence-electron chi connectivity index (χ1n) is 8.98. The van der Waals surface area contributed by atoms with Crippen LogP contribution in [0, 0.1) is 0 Å². The van der Waals surface area contributed by atoms with E-state index in [0.717, 1.165) is 58.6 Å². The van der Waals surface area contributed by atoms with Crippen LogP contribution in [-0.2, 0) is 9.47 Å². The van der Waals surface area contributed by atoms with E-state index in [9.17, 15) is 0 Å². The molecule has 0 spiro atoms. The highest BCUT2D eigenvalue weighted by Crippen LogP contribution is 2.17. The van der Waals surface area contributed by atoms with Crippen molar-refractivity contribution in [1.82, 2.24) is 10.2 Å². The van der Waals surface area contributed by atoms with Crippen molar-refractivity contribution in [3.8, 4) is 0 Å². The van der Waals surface area contributed by atoms with Gasteiger partial charge in [-0.3, -0.25) is 4.90 Å². The minimum absolute atomic E-state index is 0.777. The molecule has 0 heterocycles. The summed E-state index contributed by atoms with van der Waals surface area (Å²) in [5, 5.41) is 3.72. The standard InChI is InChI=1S/C17H36N2O2/c1-3-20-15-13-19(14-16-21-4-2)12-8-11-18-17-9-6-5-7-10-17/h17-18H,3-16H2,1-2H3. The van der Waals surface area contributed by atoms with Crippen LogP contribution in [0.15, 0.2) is 0 Å². The molecule has 0 saturated heterocycles. The lowest BCUT2D eigenvalue weighted by molar-refractivity contribution is 0.0822. The fourth-order valence-corrected chi connectivity index (χ4v) is 2.93. The lowest BCUT2D eigenvalue weighted by atomic mass is 9.95. The Morgan fingerprint density at radius 2 is 1.52 bits per heavy atom. The fourth-order valence-electron chi connectivity index (χ4n) is 2.93. The molecule has 0 aromatic heterocycles. The van der Waals surface area contributed by atoms with Crippen molar-refractivity contribution in [1.29, 1.82) is 0 Å². The van der Waals surface area contributed by atoms with E-state index >= 15 is 0 Å². The van der Waals surface area contributed by atoms with Crippen molar-refractivity contribution >= 4 is 0 Å². The first kappa shape index (κ1) is 18.9. The highest BCUT2D eigenvalue weighted by Gasteiger charge is 2.12. The quantitative estimate of drug-likeness (QED) is 0.530. The zero-order chi connectivity index (χ0) is 15.2. The molecule has 4 nitrogen and oxygen atoms in total. The van der Waals surface area contributed by atoms with Crippen LogP contribution in [0.25, 0.3) is 0 Å². The van der Waals surface area contributed by atoms with Crippen LogP contribution < -0.4 is 5.32 Å². The Hall–Kier alpha value is -0.160. The largest absolute Gasteiger partial charge is 0.380 e. The summed E-state index contributed by atoms with van der Waals surface area (Å²) < 4.78 is 10.9. The predicted octanol–water partition coefficient (Wildman–Crippen LogP) is 2.67. The van der Waals surface area contributed by atoms with Crippen molar-refractivity contribution in [2.24, 2.45) is 0 Å². The highest BCUT2D eigenvalue weighted by molar-refractivity contribution is 4.72. The van der Waals surface area contributed by atoms with Crippen molar-refractivity contribution in [2.45, 2.75) is 58.4 Å². The van der Waals surface area contributed by atoms with Crippen LogP contribution in [0.3, 0.4) is 0 Å². The second-order valence-electron chi connectivity index (χ2n) is 5.88. The Balaban J connectivity index is 2.08. The molecular weight excluding hydrogens is 264 g/mol. The van der Waals surface area contributed by atoms with Gasteiger partial charge in [0.15, 0.2) is 0 Å². The lowest BCUT2D eigenvalue weighted by Gasteiger charge is -2.25. The third-order valence-electron chi connectivity index (χ3n) is 4.20. The van der Waals surface area contributed by atoms with E-state index in [4.69, 9.17) is 9.47 Å². The second-order valence-corrected chi connectivity index (χ2v) is 5.88. The van der Waals surface area contributed by atoms with E-state index < -0.39 is 0 Å². The second kappa shape index (κ2) is 13.5.